The molecule has 114 valence electrons. The van der Waals surface area contributed by atoms with E-state index >= 15 is 0 Å². The Kier molecular flexibility index (Phi) is 3.60. The molecule has 0 radical (unpaired) electrons. The summed E-state index contributed by atoms with van der Waals surface area (Å²) >= 11 is 12.3. The van der Waals surface area contributed by atoms with Gasteiger partial charge in [-0.1, -0.05) is 29.3 Å². The van der Waals surface area contributed by atoms with Crippen LogP contribution in [0.2, 0.25) is 10.0 Å². The number of nitrogens with zero attached hydrogens (tertiary/aromatic N) is 3. The Morgan fingerprint density at radius 2 is 2.14 bits per heavy atom. The van der Waals surface area contributed by atoms with E-state index in [0.29, 0.717) is 17.1 Å². The van der Waals surface area contributed by atoms with Gasteiger partial charge in [-0.05, 0) is 37.5 Å². The summed E-state index contributed by atoms with van der Waals surface area (Å²) in [6.45, 7) is 2.82. The van der Waals surface area contributed by atoms with Crippen LogP contribution in [0.5, 0.6) is 0 Å². The van der Waals surface area contributed by atoms with Crippen molar-refractivity contribution in [3.8, 4) is 0 Å². The molecule has 1 saturated heterocycles. The zero-order chi connectivity index (χ0) is 15.3. The molecule has 4 rings (SSSR count). The van der Waals surface area contributed by atoms with Crippen LogP contribution in [-0.2, 0) is 13.0 Å². The van der Waals surface area contributed by atoms with Gasteiger partial charge in [-0.25, -0.2) is 9.97 Å². The molecule has 0 aliphatic carbocycles. The highest BCUT2D eigenvalue weighted by Crippen LogP contribution is 2.44. The van der Waals surface area contributed by atoms with Crippen LogP contribution < -0.4 is 0 Å². The van der Waals surface area contributed by atoms with Crippen molar-refractivity contribution in [1.29, 1.82) is 0 Å². The van der Waals surface area contributed by atoms with Crippen LogP contribution in [-0.4, -0.2) is 20.9 Å². The maximum Gasteiger partial charge on any atom is 0.125 e. The van der Waals surface area contributed by atoms with Crippen LogP contribution in [0.1, 0.15) is 41.5 Å². The molecule has 1 fully saturated rings. The van der Waals surface area contributed by atoms with E-state index in [9.17, 15) is 0 Å². The lowest BCUT2D eigenvalue weighted by Gasteiger charge is -2.35. The predicted molar refractivity (Wildman–Crippen MR) is 88.2 cm³/mol. The molecule has 2 aliphatic heterocycles. The third kappa shape index (κ3) is 2.41. The Hall–Kier alpha value is -1.16. The van der Waals surface area contributed by atoms with Crippen molar-refractivity contribution < 1.29 is 0 Å². The molecule has 0 N–H and O–H groups in total. The van der Waals surface area contributed by atoms with Crippen LogP contribution in [0, 0.1) is 6.92 Å². The summed E-state index contributed by atoms with van der Waals surface area (Å²) in [7, 11) is 0. The number of benzene rings is 1. The first-order chi connectivity index (χ1) is 10.6. The van der Waals surface area contributed by atoms with Crippen molar-refractivity contribution >= 4 is 23.2 Å². The van der Waals surface area contributed by atoms with Crippen molar-refractivity contribution in [2.45, 2.75) is 44.8 Å². The Balaban J connectivity index is 1.65. The Labute approximate surface area is 140 Å². The first-order valence-corrected chi connectivity index (χ1v) is 8.39. The molecule has 0 amide bonds. The minimum atomic E-state index is 0.418. The number of rotatable bonds is 2. The molecule has 0 saturated carbocycles. The third-order valence-corrected chi connectivity index (χ3v) is 5.41. The summed E-state index contributed by atoms with van der Waals surface area (Å²) < 4.78 is 0. The standard InChI is InChI=1S/C17H17Cl2N3/c1-10-20-8-14-16(21-10)7-13-4-5-17(14)22(13)9-11-2-3-12(18)6-15(11)19/h2-3,6,8,13,17H,4-5,7,9H2,1H3/t13-,17-/m0/s1. The van der Waals surface area contributed by atoms with E-state index in [4.69, 9.17) is 23.2 Å². The molecule has 0 unspecified atom stereocenters. The molecule has 3 heterocycles. The average molecular weight is 334 g/mol. The van der Waals surface area contributed by atoms with E-state index in [1.165, 1.54) is 24.1 Å². The van der Waals surface area contributed by atoms with Crippen molar-refractivity contribution in [3.63, 3.8) is 0 Å². The fourth-order valence-electron chi connectivity index (χ4n) is 3.77. The topological polar surface area (TPSA) is 29.0 Å². The highest BCUT2D eigenvalue weighted by Gasteiger charge is 2.40. The molecule has 1 aromatic carbocycles. The van der Waals surface area contributed by atoms with E-state index in [2.05, 4.69) is 14.9 Å². The molecular weight excluding hydrogens is 317 g/mol. The normalized spacial score (nSPS) is 23.6. The van der Waals surface area contributed by atoms with Crippen LogP contribution in [0.4, 0.5) is 0 Å². The number of fused-ring (bicyclic) bond motifs is 4. The molecule has 5 heteroatoms. The summed E-state index contributed by atoms with van der Waals surface area (Å²) in [5, 5.41) is 1.43. The molecule has 2 atom stereocenters. The highest BCUT2D eigenvalue weighted by atomic mass is 35.5. The van der Waals surface area contributed by atoms with Crippen molar-refractivity contribution in [3.05, 3.63) is 57.1 Å². The van der Waals surface area contributed by atoms with Gasteiger partial charge >= 0.3 is 0 Å². The van der Waals surface area contributed by atoms with Gasteiger partial charge in [0, 0.05) is 46.9 Å². The summed E-state index contributed by atoms with van der Waals surface area (Å²) in [4.78, 5) is 11.6. The fraction of sp³-hybridized carbons (Fsp3) is 0.412. The smallest absolute Gasteiger partial charge is 0.125 e. The van der Waals surface area contributed by atoms with E-state index in [1.54, 1.807) is 0 Å². The first kappa shape index (κ1) is 14.4. The maximum atomic E-state index is 6.35. The fourth-order valence-corrected chi connectivity index (χ4v) is 4.24. The summed E-state index contributed by atoms with van der Waals surface area (Å²) in [5.41, 5.74) is 3.67. The van der Waals surface area contributed by atoms with Gasteiger partial charge in [0.05, 0.1) is 5.69 Å². The van der Waals surface area contributed by atoms with Gasteiger partial charge in [0.1, 0.15) is 5.82 Å². The molecule has 1 aromatic heterocycles. The lowest BCUT2D eigenvalue weighted by molar-refractivity contribution is 0.166. The number of aryl methyl sites for hydroxylation is 1. The predicted octanol–water partition coefficient (Wildman–Crippen LogP) is 4.35. The maximum absolute atomic E-state index is 6.35. The first-order valence-electron chi connectivity index (χ1n) is 7.64. The third-order valence-electron chi connectivity index (χ3n) is 4.82. The van der Waals surface area contributed by atoms with Gasteiger partial charge in [-0.2, -0.15) is 0 Å². The number of hydrogen-bond acceptors (Lipinski definition) is 3. The van der Waals surface area contributed by atoms with Crippen LogP contribution in [0.3, 0.4) is 0 Å². The van der Waals surface area contributed by atoms with E-state index < -0.39 is 0 Å². The van der Waals surface area contributed by atoms with E-state index in [0.717, 1.165) is 29.4 Å². The van der Waals surface area contributed by atoms with Gasteiger partial charge in [0.25, 0.3) is 0 Å². The number of halogens is 2. The monoisotopic (exact) mass is 333 g/mol. The van der Waals surface area contributed by atoms with Crippen LogP contribution in [0.25, 0.3) is 0 Å². The van der Waals surface area contributed by atoms with Crippen molar-refractivity contribution in [1.82, 2.24) is 14.9 Å². The molecular formula is C17H17Cl2N3. The van der Waals surface area contributed by atoms with E-state index in [1.807, 2.05) is 31.3 Å². The summed E-state index contributed by atoms with van der Waals surface area (Å²) in [5.74, 6) is 0.868. The molecule has 2 bridgehead atoms. The Bertz CT molecular complexity index is 732. The lowest BCUT2D eigenvalue weighted by Crippen LogP contribution is -2.37. The second-order valence-corrected chi connectivity index (χ2v) is 7.02. The minimum Gasteiger partial charge on any atom is -0.289 e. The molecule has 2 aromatic rings. The molecule has 3 nitrogen and oxygen atoms in total. The largest absolute Gasteiger partial charge is 0.289 e. The van der Waals surface area contributed by atoms with Gasteiger partial charge in [0.2, 0.25) is 0 Å². The van der Waals surface area contributed by atoms with Gasteiger partial charge < -0.3 is 0 Å². The second kappa shape index (κ2) is 5.48. The van der Waals surface area contributed by atoms with Crippen molar-refractivity contribution in [2.24, 2.45) is 0 Å². The van der Waals surface area contributed by atoms with Gasteiger partial charge in [-0.3, -0.25) is 4.90 Å². The quantitative estimate of drug-likeness (QED) is 0.817. The Morgan fingerprint density at radius 1 is 1.27 bits per heavy atom. The average Bonchev–Trinajstić information content (AvgIpc) is 2.75. The molecule has 22 heavy (non-hydrogen) atoms. The zero-order valence-electron chi connectivity index (χ0n) is 12.4. The van der Waals surface area contributed by atoms with Crippen molar-refractivity contribution in [2.75, 3.05) is 0 Å². The Morgan fingerprint density at radius 3 is 2.95 bits per heavy atom. The zero-order valence-corrected chi connectivity index (χ0v) is 13.9. The van der Waals surface area contributed by atoms with E-state index in [-0.39, 0.29) is 0 Å². The van der Waals surface area contributed by atoms with Crippen LogP contribution >= 0.6 is 23.2 Å². The minimum absolute atomic E-state index is 0.418. The molecule has 0 spiro atoms. The molecule has 2 aliphatic rings. The highest BCUT2D eigenvalue weighted by molar-refractivity contribution is 6.35. The SMILES string of the molecule is Cc1ncc2c(n1)C[C@@H]1CC[C@@H]2N1Cc1ccc(Cl)cc1Cl. The van der Waals surface area contributed by atoms with Gasteiger partial charge in [-0.15, -0.1) is 0 Å². The number of hydrogen-bond donors (Lipinski definition) is 0. The number of aromatic nitrogens is 2. The summed E-state index contributed by atoms with van der Waals surface area (Å²) in [6.07, 6.45) is 5.42. The second-order valence-electron chi connectivity index (χ2n) is 6.18. The van der Waals surface area contributed by atoms with Gasteiger partial charge in [0.15, 0.2) is 0 Å². The summed E-state index contributed by atoms with van der Waals surface area (Å²) in [6, 6.07) is 6.74. The van der Waals surface area contributed by atoms with Crippen LogP contribution in [0.15, 0.2) is 24.4 Å². The lowest BCUT2D eigenvalue weighted by atomic mass is 9.98.